The molecule has 0 heterocycles. The van der Waals surface area contributed by atoms with E-state index >= 15 is 0 Å². The van der Waals surface area contributed by atoms with Gasteiger partial charge in [0.05, 0.1) is 11.8 Å². The van der Waals surface area contributed by atoms with E-state index in [-0.39, 0.29) is 19.1 Å². The minimum absolute atomic E-state index is 0.0223. The van der Waals surface area contributed by atoms with Crippen LogP contribution in [0.3, 0.4) is 0 Å². The van der Waals surface area contributed by atoms with Gasteiger partial charge in [0.15, 0.2) is 6.61 Å². The number of nitrogens with zero attached hydrogens (tertiary/aromatic N) is 1. The van der Waals surface area contributed by atoms with Gasteiger partial charge in [-0.3, -0.25) is 4.79 Å². The summed E-state index contributed by atoms with van der Waals surface area (Å²) in [6.45, 7) is 1.69. The molecule has 1 aromatic rings. The number of para-hydroxylation sites is 1. The highest BCUT2D eigenvalue weighted by atomic mass is 16.5. The van der Waals surface area contributed by atoms with E-state index in [1.807, 2.05) is 13.0 Å². The van der Waals surface area contributed by atoms with Crippen molar-refractivity contribution in [1.29, 1.82) is 5.26 Å². The molecule has 84 valence electrons. The van der Waals surface area contributed by atoms with Crippen LogP contribution in [0.1, 0.15) is 5.56 Å². The van der Waals surface area contributed by atoms with E-state index in [1.54, 1.807) is 18.2 Å². The van der Waals surface area contributed by atoms with Crippen LogP contribution >= 0.6 is 0 Å². The van der Waals surface area contributed by atoms with Gasteiger partial charge in [-0.25, -0.2) is 0 Å². The van der Waals surface area contributed by atoms with E-state index in [2.05, 4.69) is 5.32 Å². The molecule has 0 fully saturated rings. The Hall–Kier alpha value is -2.22. The molecule has 1 aromatic carbocycles. The van der Waals surface area contributed by atoms with Crippen molar-refractivity contribution >= 4 is 11.6 Å². The lowest BCUT2D eigenvalue weighted by atomic mass is 10.2. The number of anilines is 1. The van der Waals surface area contributed by atoms with Crippen LogP contribution in [0.5, 0.6) is 5.75 Å². The highest BCUT2D eigenvalue weighted by molar-refractivity contribution is 5.78. The summed E-state index contributed by atoms with van der Waals surface area (Å²) in [4.78, 5) is 11.1. The van der Waals surface area contributed by atoms with Crippen LogP contribution in [-0.2, 0) is 4.79 Å². The second-order valence-electron chi connectivity index (χ2n) is 3.21. The molecule has 5 nitrogen and oxygen atoms in total. The molecule has 0 atom stereocenters. The Morgan fingerprint density at radius 3 is 3.06 bits per heavy atom. The van der Waals surface area contributed by atoms with Crippen molar-refractivity contribution < 1.29 is 9.53 Å². The smallest absolute Gasteiger partial charge is 0.258 e. The average Bonchev–Trinajstić information content (AvgIpc) is 2.28. The molecule has 0 radical (unpaired) electrons. The zero-order chi connectivity index (χ0) is 12.0. The topological polar surface area (TPSA) is 88.1 Å². The Balaban J connectivity index is 2.52. The number of nitrogens with two attached hydrogens (primary N) is 1. The van der Waals surface area contributed by atoms with Crippen LogP contribution < -0.4 is 15.8 Å². The number of nitriles is 1. The highest BCUT2D eigenvalue weighted by Gasteiger charge is 2.05. The lowest BCUT2D eigenvalue weighted by molar-refractivity contribution is -0.122. The number of amides is 1. The molecule has 3 N–H and O–H groups in total. The highest BCUT2D eigenvalue weighted by Crippen LogP contribution is 2.23. The first-order chi connectivity index (χ1) is 7.65. The Morgan fingerprint density at radius 2 is 2.38 bits per heavy atom. The van der Waals surface area contributed by atoms with Gasteiger partial charge in [-0.05, 0) is 18.6 Å². The van der Waals surface area contributed by atoms with Gasteiger partial charge in [0.2, 0.25) is 0 Å². The summed E-state index contributed by atoms with van der Waals surface area (Å²) < 4.78 is 5.23. The van der Waals surface area contributed by atoms with Crippen LogP contribution in [0, 0.1) is 18.3 Å². The Kier molecular flexibility index (Phi) is 4.16. The number of hydrogen-bond donors (Lipinski definition) is 2. The Labute approximate surface area is 93.8 Å². The minimum Gasteiger partial charge on any atom is -0.482 e. The number of benzene rings is 1. The molecular formula is C11H13N3O2. The van der Waals surface area contributed by atoms with Crippen molar-refractivity contribution in [2.45, 2.75) is 6.92 Å². The maximum atomic E-state index is 11.1. The first-order valence-electron chi connectivity index (χ1n) is 4.76. The third kappa shape index (κ3) is 3.17. The van der Waals surface area contributed by atoms with Crippen molar-refractivity contribution in [3.8, 4) is 11.8 Å². The fourth-order valence-corrected chi connectivity index (χ4v) is 1.11. The number of hydrogen-bond acceptors (Lipinski definition) is 4. The van der Waals surface area contributed by atoms with Gasteiger partial charge < -0.3 is 15.8 Å². The molecule has 0 saturated heterocycles. The summed E-state index contributed by atoms with van der Waals surface area (Å²) in [6.07, 6.45) is 0. The standard InChI is InChI=1S/C11H13N3O2/c1-8-3-2-4-9(11(8)13)16-7-10(15)14-6-5-12/h2-4H,6-7,13H2,1H3,(H,14,15). The molecule has 0 aliphatic rings. The molecule has 1 rings (SSSR count). The molecular weight excluding hydrogens is 206 g/mol. The predicted molar refractivity (Wildman–Crippen MR) is 59.7 cm³/mol. The van der Waals surface area contributed by atoms with Gasteiger partial charge in [-0.1, -0.05) is 12.1 Å². The normalized spacial score (nSPS) is 9.25. The van der Waals surface area contributed by atoms with E-state index in [0.29, 0.717) is 11.4 Å². The van der Waals surface area contributed by atoms with Crippen LogP contribution in [0.4, 0.5) is 5.69 Å². The second kappa shape index (κ2) is 5.61. The van der Waals surface area contributed by atoms with E-state index in [0.717, 1.165) is 5.56 Å². The molecule has 0 spiro atoms. The van der Waals surface area contributed by atoms with Crippen LogP contribution in [0.2, 0.25) is 0 Å². The average molecular weight is 219 g/mol. The summed E-state index contributed by atoms with van der Waals surface area (Å²) in [5.41, 5.74) is 7.18. The van der Waals surface area contributed by atoms with Gasteiger partial charge in [0.1, 0.15) is 12.3 Å². The third-order valence-electron chi connectivity index (χ3n) is 2.01. The summed E-state index contributed by atoms with van der Waals surface area (Å²) >= 11 is 0. The number of nitrogen functional groups attached to an aromatic ring is 1. The van der Waals surface area contributed by atoms with Gasteiger partial charge in [0, 0.05) is 0 Å². The number of aryl methyl sites for hydroxylation is 1. The van der Waals surface area contributed by atoms with Gasteiger partial charge in [-0.2, -0.15) is 5.26 Å². The van der Waals surface area contributed by atoms with Crippen LogP contribution in [0.25, 0.3) is 0 Å². The van der Waals surface area contributed by atoms with E-state index in [9.17, 15) is 4.79 Å². The second-order valence-corrected chi connectivity index (χ2v) is 3.21. The molecule has 5 heteroatoms. The molecule has 0 aliphatic carbocycles. The maximum absolute atomic E-state index is 11.1. The lowest BCUT2D eigenvalue weighted by Crippen LogP contribution is -2.29. The molecule has 0 aliphatic heterocycles. The summed E-state index contributed by atoms with van der Waals surface area (Å²) in [7, 11) is 0. The zero-order valence-electron chi connectivity index (χ0n) is 8.99. The fraction of sp³-hybridized carbons (Fsp3) is 0.273. The van der Waals surface area contributed by atoms with Crippen LogP contribution in [-0.4, -0.2) is 19.1 Å². The fourth-order valence-electron chi connectivity index (χ4n) is 1.11. The number of rotatable bonds is 4. The monoisotopic (exact) mass is 219 g/mol. The first kappa shape index (κ1) is 11.9. The van der Waals surface area contributed by atoms with E-state index in [4.69, 9.17) is 15.7 Å². The van der Waals surface area contributed by atoms with Gasteiger partial charge in [-0.15, -0.1) is 0 Å². The summed E-state index contributed by atoms with van der Waals surface area (Å²) in [5.74, 6) is 0.134. The van der Waals surface area contributed by atoms with E-state index < -0.39 is 0 Å². The van der Waals surface area contributed by atoms with Gasteiger partial charge >= 0.3 is 0 Å². The molecule has 0 aromatic heterocycles. The number of ether oxygens (including phenoxy) is 1. The molecule has 1 amide bonds. The summed E-state index contributed by atoms with van der Waals surface area (Å²) in [6, 6.07) is 7.16. The SMILES string of the molecule is Cc1cccc(OCC(=O)NCC#N)c1N. The van der Waals surface area contributed by atoms with Gasteiger partial charge in [0.25, 0.3) is 5.91 Å². The lowest BCUT2D eigenvalue weighted by Gasteiger charge is -2.09. The minimum atomic E-state index is -0.345. The zero-order valence-corrected chi connectivity index (χ0v) is 8.99. The molecule has 16 heavy (non-hydrogen) atoms. The van der Waals surface area contributed by atoms with Crippen molar-refractivity contribution in [2.24, 2.45) is 0 Å². The molecule has 0 bridgehead atoms. The third-order valence-corrected chi connectivity index (χ3v) is 2.01. The molecule has 0 unspecified atom stereocenters. The molecule has 0 saturated carbocycles. The Bertz CT molecular complexity index is 424. The quantitative estimate of drug-likeness (QED) is 0.573. The predicted octanol–water partition coefficient (Wildman–Crippen LogP) is 0.596. The van der Waals surface area contributed by atoms with Crippen molar-refractivity contribution in [3.05, 3.63) is 23.8 Å². The van der Waals surface area contributed by atoms with Crippen molar-refractivity contribution in [2.75, 3.05) is 18.9 Å². The van der Waals surface area contributed by atoms with E-state index in [1.165, 1.54) is 0 Å². The largest absolute Gasteiger partial charge is 0.482 e. The number of carbonyl (C=O) groups excluding carboxylic acids is 1. The van der Waals surface area contributed by atoms with Crippen molar-refractivity contribution in [3.63, 3.8) is 0 Å². The Morgan fingerprint density at radius 1 is 1.62 bits per heavy atom. The maximum Gasteiger partial charge on any atom is 0.258 e. The first-order valence-corrected chi connectivity index (χ1v) is 4.76. The summed E-state index contributed by atoms with van der Waals surface area (Å²) in [5, 5.41) is 10.6. The van der Waals surface area contributed by atoms with Crippen LogP contribution in [0.15, 0.2) is 18.2 Å². The number of nitrogens with one attached hydrogen (secondary N) is 1. The number of carbonyl (C=O) groups is 1. The van der Waals surface area contributed by atoms with Crippen molar-refractivity contribution in [1.82, 2.24) is 5.32 Å².